The van der Waals surface area contributed by atoms with Crippen LogP contribution in [0.15, 0.2) is 11.6 Å². The van der Waals surface area contributed by atoms with Gasteiger partial charge in [0, 0.05) is 11.8 Å². The van der Waals surface area contributed by atoms with E-state index >= 15 is 0 Å². The average Bonchev–Trinajstić information content (AvgIpc) is 2.02. The summed E-state index contributed by atoms with van der Waals surface area (Å²) in [5.74, 6) is -0.479. The van der Waals surface area contributed by atoms with Crippen molar-refractivity contribution in [3.05, 3.63) is 11.6 Å². The molecule has 1 N–H and O–H groups in total. The number of esters is 1. The van der Waals surface area contributed by atoms with Crippen molar-refractivity contribution in [2.24, 2.45) is 0 Å². The van der Waals surface area contributed by atoms with E-state index in [1.807, 2.05) is 0 Å². The molecule has 0 radical (unpaired) electrons. The summed E-state index contributed by atoms with van der Waals surface area (Å²) < 4.78 is 4.42. The third-order valence-corrected chi connectivity index (χ3v) is 2.25. The van der Waals surface area contributed by atoms with E-state index in [4.69, 9.17) is 5.11 Å². The number of methoxy groups -OCH3 is 1. The van der Waals surface area contributed by atoms with E-state index in [0.717, 1.165) is 11.6 Å². The molecule has 0 aliphatic heterocycles. The monoisotopic (exact) mass is 204 g/mol. The lowest BCUT2D eigenvalue weighted by Crippen LogP contribution is -2.04. The van der Waals surface area contributed by atoms with Crippen LogP contribution in [0.1, 0.15) is 6.92 Å². The second-order valence-corrected chi connectivity index (χ2v) is 3.38. The lowest BCUT2D eigenvalue weighted by Gasteiger charge is -1.99. The molecule has 0 spiro atoms. The molecule has 0 saturated carbocycles. The Hall–Kier alpha value is -0.970. The smallest absolute Gasteiger partial charge is 0.328 e. The number of carbonyl (C=O) groups is 2. The van der Waals surface area contributed by atoms with Gasteiger partial charge in [-0.1, -0.05) is 5.57 Å². The fraction of sp³-hybridized carbons (Fsp3) is 0.500. The SMILES string of the molecule is COC(=O)CSCC(C)=CC(=O)O. The van der Waals surface area contributed by atoms with Gasteiger partial charge in [-0.15, -0.1) is 11.8 Å². The highest BCUT2D eigenvalue weighted by atomic mass is 32.2. The highest BCUT2D eigenvalue weighted by molar-refractivity contribution is 8.00. The molecule has 0 aliphatic carbocycles. The number of carbonyl (C=O) groups excluding carboxylic acids is 1. The Balaban J connectivity index is 3.65. The standard InChI is InChI=1S/C8H12O4S/c1-6(3-7(9)10)4-13-5-8(11)12-2/h3H,4-5H2,1-2H3,(H,9,10). The van der Waals surface area contributed by atoms with Crippen molar-refractivity contribution in [3.63, 3.8) is 0 Å². The summed E-state index contributed by atoms with van der Waals surface area (Å²) in [4.78, 5) is 20.8. The molecule has 0 aromatic carbocycles. The Morgan fingerprint density at radius 3 is 2.54 bits per heavy atom. The summed E-state index contributed by atoms with van der Waals surface area (Å²) >= 11 is 1.33. The Labute approximate surface area is 81.0 Å². The minimum Gasteiger partial charge on any atom is -0.478 e. The summed E-state index contributed by atoms with van der Waals surface area (Å²) in [6, 6.07) is 0. The highest BCUT2D eigenvalue weighted by Crippen LogP contribution is 2.07. The first kappa shape index (κ1) is 12.0. The Morgan fingerprint density at radius 1 is 1.46 bits per heavy atom. The first-order valence-electron chi connectivity index (χ1n) is 3.61. The van der Waals surface area contributed by atoms with E-state index < -0.39 is 5.97 Å². The molecule has 0 rings (SSSR count). The van der Waals surface area contributed by atoms with Crippen LogP contribution in [0.5, 0.6) is 0 Å². The summed E-state index contributed by atoms with van der Waals surface area (Å²) in [6.45, 7) is 1.71. The molecule has 0 aromatic heterocycles. The van der Waals surface area contributed by atoms with Gasteiger partial charge in [0.15, 0.2) is 0 Å². The maximum absolute atomic E-state index is 10.6. The van der Waals surface area contributed by atoms with Crippen molar-refractivity contribution < 1.29 is 19.4 Å². The predicted molar refractivity (Wildman–Crippen MR) is 50.7 cm³/mol. The molecule has 5 heteroatoms. The maximum Gasteiger partial charge on any atom is 0.328 e. The van der Waals surface area contributed by atoms with Gasteiger partial charge in [0.05, 0.1) is 12.9 Å². The molecule has 0 bridgehead atoms. The number of carboxylic acids is 1. The van der Waals surface area contributed by atoms with E-state index in [9.17, 15) is 9.59 Å². The minimum absolute atomic E-state index is 0.251. The van der Waals surface area contributed by atoms with E-state index in [1.54, 1.807) is 6.92 Å². The summed E-state index contributed by atoms with van der Waals surface area (Å²) in [5, 5.41) is 8.36. The van der Waals surface area contributed by atoms with Gasteiger partial charge in [0.2, 0.25) is 0 Å². The highest BCUT2D eigenvalue weighted by Gasteiger charge is 2.00. The molecule has 4 nitrogen and oxygen atoms in total. The number of thioether (sulfide) groups is 1. The number of ether oxygens (including phenoxy) is 1. The summed E-state index contributed by atoms with van der Waals surface area (Å²) in [5.41, 5.74) is 0.724. The molecule has 13 heavy (non-hydrogen) atoms. The molecular formula is C8H12O4S. The van der Waals surface area contributed by atoms with Crippen LogP contribution in [-0.2, 0) is 14.3 Å². The molecular weight excluding hydrogens is 192 g/mol. The Kier molecular flexibility index (Phi) is 6.05. The zero-order valence-corrected chi connectivity index (χ0v) is 8.39. The zero-order valence-electron chi connectivity index (χ0n) is 7.57. The third kappa shape index (κ3) is 7.39. The van der Waals surface area contributed by atoms with Gasteiger partial charge in [-0.05, 0) is 6.92 Å². The van der Waals surface area contributed by atoms with E-state index in [1.165, 1.54) is 18.9 Å². The van der Waals surface area contributed by atoms with Crippen molar-refractivity contribution in [2.75, 3.05) is 18.6 Å². The van der Waals surface area contributed by atoms with Crippen molar-refractivity contribution in [2.45, 2.75) is 6.92 Å². The summed E-state index contributed by atoms with van der Waals surface area (Å²) in [7, 11) is 1.32. The molecule has 0 amide bonds. The van der Waals surface area contributed by atoms with Gasteiger partial charge in [-0.25, -0.2) is 4.79 Å². The second kappa shape index (κ2) is 6.54. The van der Waals surface area contributed by atoms with Crippen LogP contribution in [0.2, 0.25) is 0 Å². The summed E-state index contributed by atoms with van der Waals surface area (Å²) in [6.07, 6.45) is 1.13. The first-order valence-corrected chi connectivity index (χ1v) is 4.76. The second-order valence-electron chi connectivity index (χ2n) is 2.40. The van der Waals surface area contributed by atoms with Crippen molar-refractivity contribution in [3.8, 4) is 0 Å². The first-order chi connectivity index (χ1) is 6.06. The maximum atomic E-state index is 10.6. The van der Waals surface area contributed by atoms with Gasteiger partial charge in [-0.3, -0.25) is 4.79 Å². The fourth-order valence-electron chi connectivity index (χ4n) is 0.607. The molecule has 0 aromatic rings. The predicted octanol–water partition coefficient (Wildman–Crippen LogP) is 0.923. The molecule has 0 saturated heterocycles. The van der Waals surface area contributed by atoms with Gasteiger partial charge < -0.3 is 9.84 Å². The van der Waals surface area contributed by atoms with Crippen LogP contribution in [-0.4, -0.2) is 35.7 Å². The quantitative estimate of drug-likeness (QED) is 0.533. The number of hydrogen-bond acceptors (Lipinski definition) is 4. The minimum atomic E-state index is -0.962. The van der Waals surface area contributed by atoms with Crippen LogP contribution in [0.3, 0.4) is 0 Å². The van der Waals surface area contributed by atoms with Crippen molar-refractivity contribution >= 4 is 23.7 Å². The van der Waals surface area contributed by atoms with E-state index in [2.05, 4.69) is 4.74 Å². The molecule has 0 unspecified atom stereocenters. The van der Waals surface area contributed by atoms with E-state index in [-0.39, 0.29) is 11.7 Å². The van der Waals surface area contributed by atoms with Gasteiger partial charge >= 0.3 is 11.9 Å². The molecule has 0 atom stereocenters. The van der Waals surface area contributed by atoms with Crippen LogP contribution < -0.4 is 0 Å². The molecule has 0 aliphatic rings. The topological polar surface area (TPSA) is 63.6 Å². The van der Waals surface area contributed by atoms with Crippen LogP contribution in [0.25, 0.3) is 0 Å². The van der Waals surface area contributed by atoms with Crippen LogP contribution >= 0.6 is 11.8 Å². The number of aliphatic carboxylic acids is 1. The lowest BCUT2D eigenvalue weighted by atomic mass is 10.3. The third-order valence-electron chi connectivity index (χ3n) is 1.15. The van der Waals surface area contributed by atoms with Gasteiger partial charge in [-0.2, -0.15) is 0 Å². The van der Waals surface area contributed by atoms with Crippen LogP contribution in [0, 0.1) is 0 Å². The van der Waals surface area contributed by atoms with Gasteiger partial charge in [0.1, 0.15) is 0 Å². The fourth-order valence-corrected chi connectivity index (χ4v) is 1.40. The largest absolute Gasteiger partial charge is 0.478 e. The van der Waals surface area contributed by atoms with Gasteiger partial charge in [0.25, 0.3) is 0 Å². The number of carboxylic acid groups (broad SMARTS) is 1. The molecule has 74 valence electrons. The number of rotatable bonds is 5. The van der Waals surface area contributed by atoms with Crippen molar-refractivity contribution in [1.82, 2.24) is 0 Å². The molecule has 0 fully saturated rings. The Bertz CT molecular complexity index is 222. The van der Waals surface area contributed by atoms with Crippen LogP contribution in [0.4, 0.5) is 0 Å². The Morgan fingerprint density at radius 2 is 2.08 bits per heavy atom. The normalized spacial score (nSPS) is 11.1. The van der Waals surface area contributed by atoms with E-state index in [0.29, 0.717) is 5.75 Å². The number of hydrogen-bond donors (Lipinski definition) is 1. The molecule has 0 heterocycles. The zero-order chi connectivity index (χ0) is 10.3. The average molecular weight is 204 g/mol. The van der Waals surface area contributed by atoms with Crippen molar-refractivity contribution in [1.29, 1.82) is 0 Å². The lowest BCUT2D eigenvalue weighted by molar-refractivity contribution is -0.137.